The number of nitrogens with one attached hydrogen (secondary N) is 2. The second kappa shape index (κ2) is 15.3. The number of benzene rings is 1. The van der Waals surface area contributed by atoms with Crippen LogP contribution >= 0.6 is 24.0 Å². The molecule has 8 heteroatoms. The largest absolute Gasteiger partial charge is 0.396 e. The van der Waals surface area contributed by atoms with Crippen LogP contribution in [0, 0.1) is 5.92 Å². The number of hydrogen-bond donors (Lipinski definition) is 3. The number of nitrogens with zero attached hydrogens (tertiary/aromatic N) is 3. The lowest BCUT2D eigenvalue weighted by atomic mass is 10.0. The number of halogens is 1. The maximum Gasteiger partial charge on any atom is 0.244 e. The highest BCUT2D eigenvalue weighted by molar-refractivity contribution is 14.0. The van der Waals surface area contributed by atoms with Crippen LogP contribution in [-0.4, -0.2) is 74.3 Å². The number of carbonyl (C=O) groups is 1. The van der Waals surface area contributed by atoms with E-state index in [4.69, 9.17) is 0 Å². The zero-order chi connectivity index (χ0) is 20.9. The average Bonchev–Trinajstić information content (AvgIpc) is 2.76. The van der Waals surface area contributed by atoms with Gasteiger partial charge in [0.25, 0.3) is 0 Å². The predicted molar refractivity (Wildman–Crippen MR) is 135 cm³/mol. The van der Waals surface area contributed by atoms with E-state index >= 15 is 0 Å². The number of guanidine groups is 1. The summed E-state index contributed by atoms with van der Waals surface area (Å²) in [6, 6.07) is 10.3. The highest BCUT2D eigenvalue weighted by Gasteiger charge is 2.21. The van der Waals surface area contributed by atoms with Crippen molar-refractivity contribution in [3.05, 3.63) is 30.3 Å². The number of carbonyl (C=O) groups excluding carboxylic acids is 1. The molecule has 1 fully saturated rings. The average molecular weight is 531 g/mol. The second-order valence-corrected chi connectivity index (χ2v) is 7.45. The van der Waals surface area contributed by atoms with Crippen LogP contribution < -0.4 is 15.5 Å². The van der Waals surface area contributed by atoms with Crippen molar-refractivity contribution in [2.24, 2.45) is 10.9 Å². The molecule has 1 aromatic rings. The van der Waals surface area contributed by atoms with Crippen molar-refractivity contribution < 1.29 is 9.90 Å². The summed E-state index contributed by atoms with van der Waals surface area (Å²) in [6.45, 7) is 9.16. The van der Waals surface area contributed by atoms with Crippen molar-refractivity contribution in [1.82, 2.24) is 15.5 Å². The summed E-state index contributed by atoms with van der Waals surface area (Å²) in [4.78, 5) is 21.3. The van der Waals surface area contributed by atoms with E-state index in [2.05, 4.69) is 39.6 Å². The number of piperazine rings is 1. The number of para-hydroxylation sites is 1. The molecule has 0 saturated carbocycles. The van der Waals surface area contributed by atoms with Crippen molar-refractivity contribution in [2.45, 2.75) is 33.1 Å². The van der Waals surface area contributed by atoms with E-state index in [1.165, 1.54) is 5.69 Å². The number of aliphatic imine (C=N–C) groups is 1. The van der Waals surface area contributed by atoms with Gasteiger partial charge in [-0.15, -0.1) is 24.0 Å². The molecule has 1 aliphatic heterocycles. The Hall–Kier alpha value is -1.55. The van der Waals surface area contributed by atoms with Crippen molar-refractivity contribution in [1.29, 1.82) is 0 Å². The highest BCUT2D eigenvalue weighted by Crippen LogP contribution is 2.15. The topological polar surface area (TPSA) is 80.2 Å². The fraction of sp³-hybridized carbons (Fsp3) is 0.636. The number of aliphatic hydroxyl groups excluding tert-OH is 1. The molecule has 7 nitrogen and oxygen atoms in total. The Bertz CT molecular complexity index is 615. The van der Waals surface area contributed by atoms with Gasteiger partial charge in [-0.25, -0.2) is 4.99 Å². The standard InChI is InChI=1S/C22H37N5O2.HI/c1-3-8-19(11-16-28)17-24-22(23-4-2)25-18-21(29)27-14-12-26(13-15-27)20-9-6-5-7-10-20;/h5-7,9-10,19,28H,3-4,8,11-18H2,1-2H3,(H2,23,24,25);1H. The zero-order valence-electron chi connectivity index (χ0n) is 18.3. The van der Waals surface area contributed by atoms with Crippen LogP contribution in [0.2, 0.25) is 0 Å². The molecular weight excluding hydrogens is 493 g/mol. The van der Waals surface area contributed by atoms with Crippen LogP contribution in [-0.2, 0) is 4.79 Å². The van der Waals surface area contributed by atoms with E-state index < -0.39 is 0 Å². The van der Waals surface area contributed by atoms with Gasteiger partial charge in [0.15, 0.2) is 5.96 Å². The van der Waals surface area contributed by atoms with Crippen molar-refractivity contribution in [3.8, 4) is 0 Å². The van der Waals surface area contributed by atoms with Crippen LogP contribution in [0.5, 0.6) is 0 Å². The Labute approximate surface area is 198 Å². The third kappa shape index (κ3) is 9.07. The van der Waals surface area contributed by atoms with Crippen molar-refractivity contribution in [3.63, 3.8) is 0 Å². The van der Waals surface area contributed by atoms with Gasteiger partial charge in [0.2, 0.25) is 5.91 Å². The van der Waals surface area contributed by atoms with Gasteiger partial charge in [0, 0.05) is 51.6 Å². The molecule has 0 aliphatic carbocycles. The maximum atomic E-state index is 12.6. The fourth-order valence-corrected chi connectivity index (χ4v) is 3.62. The van der Waals surface area contributed by atoms with Crippen LogP contribution in [0.3, 0.4) is 0 Å². The number of rotatable bonds is 10. The molecule has 0 aromatic heterocycles. The third-order valence-electron chi connectivity index (χ3n) is 5.26. The maximum absolute atomic E-state index is 12.6. The first kappa shape index (κ1) is 26.5. The smallest absolute Gasteiger partial charge is 0.244 e. The minimum Gasteiger partial charge on any atom is -0.396 e. The SMILES string of the molecule is CCCC(CCO)CNC(=NCC(=O)N1CCN(c2ccccc2)CC1)NCC.I. The van der Waals surface area contributed by atoms with Crippen LogP contribution in [0.1, 0.15) is 33.1 Å². The van der Waals surface area contributed by atoms with Gasteiger partial charge < -0.3 is 25.5 Å². The first-order valence-corrected chi connectivity index (χ1v) is 10.9. The Balaban J connectivity index is 0.00000450. The third-order valence-corrected chi connectivity index (χ3v) is 5.26. The summed E-state index contributed by atoms with van der Waals surface area (Å²) in [5.74, 6) is 1.15. The monoisotopic (exact) mass is 531 g/mol. The van der Waals surface area contributed by atoms with Gasteiger partial charge in [0.05, 0.1) is 0 Å². The molecule has 30 heavy (non-hydrogen) atoms. The molecule has 170 valence electrons. The molecule has 1 heterocycles. The van der Waals surface area contributed by atoms with Crippen molar-refractivity contribution >= 4 is 41.5 Å². The fourth-order valence-electron chi connectivity index (χ4n) is 3.62. The highest BCUT2D eigenvalue weighted by atomic mass is 127. The normalized spacial score (nSPS) is 15.4. The molecule has 1 saturated heterocycles. The van der Waals surface area contributed by atoms with Crippen LogP contribution in [0.25, 0.3) is 0 Å². The molecule has 0 spiro atoms. The minimum absolute atomic E-state index is 0. The van der Waals surface area contributed by atoms with Gasteiger partial charge in [-0.05, 0) is 37.8 Å². The molecule has 2 rings (SSSR count). The van der Waals surface area contributed by atoms with E-state index in [0.29, 0.717) is 11.9 Å². The Morgan fingerprint density at radius 1 is 1.10 bits per heavy atom. The number of anilines is 1. The molecule has 1 atom stereocenters. The molecule has 0 radical (unpaired) electrons. The quantitative estimate of drug-likeness (QED) is 0.246. The predicted octanol–water partition coefficient (Wildman–Crippen LogP) is 2.31. The summed E-state index contributed by atoms with van der Waals surface area (Å²) in [5, 5.41) is 15.7. The molecule has 3 N–H and O–H groups in total. The van der Waals surface area contributed by atoms with E-state index in [9.17, 15) is 9.90 Å². The van der Waals surface area contributed by atoms with Crippen molar-refractivity contribution in [2.75, 3.05) is 57.3 Å². The number of hydrogen-bond acceptors (Lipinski definition) is 4. The number of aliphatic hydroxyl groups is 1. The zero-order valence-corrected chi connectivity index (χ0v) is 20.7. The van der Waals surface area contributed by atoms with E-state index in [1.54, 1.807) is 0 Å². The molecular formula is C22H38IN5O2. The van der Waals surface area contributed by atoms with Gasteiger partial charge in [-0.3, -0.25) is 4.79 Å². The molecule has 1 aliphatic rings. The lowest BCUT2D eigenvalue weighted by Gasteiger charge is -2.36. The Kier molecular flexibility index (Phi) is 13.5. The van der Waals surface area contributed by atoms with Gasteiger partial charge in [-0.1, -0.05) is 31.5 Å². The van der Waals surface area contributed by atoms with E-state index in [1.807, 2.05) is 30.0 Å². The van der Waals surface area contributed by atoms with E-state index in [-0.39, 0.29) is 43.0 Å². The first-order chi connectivity index (χ1) is 14.2. The van der Waals surface area contributed by atoms with Gasteiger partial charge in [0.1, 0.15) is 6.54 Å². The minimum atomic E-state index is 0. The molecule has 1 amide bonds. The van der Waals surface area contributed by atoms with Gasteiger partial charge >= 0.3 is 0 Å². The summed E-state index contributed by atoms with van der Waals surface area (Å²) < 4.78 is 0. The second-order valence-electron chi connectivity index (χ2n) is 7.45. The van der Waals surface area contributed by atoms with Crippen LogP contribution in [0.4, 0.5) is 5.69 Å². The Morgan fingerprint density at radius 3 is 2.40 bits per heavy atom. The van der Waals surface area contributed by atoms with Crippen LogP contribution in [0.15, 0.2) is 35.3 Å². The summed E-state index contributed by atoms with van der Waals surface area (Å²) in [6.07, 6.45) is 2.94. The molecule has 1 unspecified atom stereocenters. The molecule has 0 bridgehead atoms. The lowest BCUT2D eigenvalue weighted by Crippen LogP contribution is -2.49. The Morgan fingerprint density at radius 2 is 1.80 bits per heavy atom. The summed E-state index contributed by atoms with van der Waals surface area (Å²) in [5.41, 5.74) is 1.21. The first-order valence-electron chi connectivity index (χ1n) is 10.9. The number of amides is 1. The van der Waals surface area contributed by atoms with Gasteiger partial charge in [-0.2, -0.15) is 0 Å². The molecule has 1 aromatic carbocycles. The summed E-state index contributed by atoms with van der Waals surface area (Å²) in [7, 11) is 0. The lowest BCUT2D eigenvalue weighted by molar-refractivity contribution is -0.129. The van der Waals surface area contributed by atoms with E-state index in [0.717, 1.165) is 58.5 Å². The summed E-state index contributed by atoms with van der Waals surface area (Å²) >= 11 is 0.